The second-order valence-corrected chi connectivity index (χ2v) is 8.79. The van der Waals surface area contributed by atoms with Crippen LogP contribution in [0.4, 0.5) is 4.39 Å². The van der Waals surface area contributed by atoms with Crippen molar-refractivity contribution in [1.29, 1.82) is 0 Å². The number of amides is 1. The fourth-order valence-electron chi connectivity index (χ4n) is 4.20. The molecule has 0 radical (unpaired) electrons. The number of fused-ring (bicyclic) bond motifs is 2. The van der Waals surface area contributed by atoms with Gasteiger partial charge in [0.15, 0.2) is 10.8 Å². The first kappa shape index (κ1) is 19.3. The first-order valence-corrected chi connectivity index (χ1v) is 11.3. The highest BCUT2D eigenvalue weighted by atomic mass is 32.2. The number of hydrogen-bond donors (Lipinski definition) is 0. The summed E-state index contributed by atoms with van der Waals surface area (Å²) in [5.74, 6) is 0.430. The second-order valence-electron chi connectivity index (χ2n) is 7.80. The van der Waals surface area contributed by atoms with Crippen molar-refractivity contribution >= 4 is 28.7 Å². The standard InChI is InChI=1S/C21H22FN5O2S/c22-14-5-7-15(8-6-14)27-19-17(12-23-27)20(29)26-16(13-30-21(26)24-19)11-18(28)25-9-3-1-2-4-10-25/h5-8,12,16H,1-4,9-11,13H2/t16-/m1/s1. The molecular weight excluding hydrogens is 405 g/mol. The van der Waals surface area contributed by atoms with Crippen molar-refractivity contribution in [3.8, 4) is 5.69 Å². The van der Waals surface area contributed by atoms with Crippen LogP contribution in [0.3, 0.4) is 0 Å². The second kappa shape index (κ2) is 7.86. The first-order valence-electron chi connectivity index (χ1n) is 10.3. The van der Waals surface area contributed by atoms with Crippen molar-refractivity contribution in [1.82, 2.24) is 24.2 Å². The fourth-order valence-corrected chi connectivity index (χ4v) is 5.33. The SMILES string of the molecule is O=C(C[C@@H]1CSc2nc3c(cnn3-c3ccc(F)cc3)c(=O)n21)N1CCCCCC1. The highest BCUT2D eigenvalue weighted by Gasteiger charge is 2.31. The van der Waals surface area contributed by atoms with Crippen molar-refractivity contribution in [2.75, 3.05) is 18.8 Å². The molecule has 5 rings (SSSR count). The number of nitrogens with zero attached hydrogens (tertiary/aromatic N) is 5. The summed E-state index contributed by atoms with van der Waals surface area (Å²) in [6.45, 7) is 1.62. The predicted molar refractivity (Wildman–Crippen MR) is 113 cm³/mol. The van der Waals surface area contributed by atoms with Gasteiger partial charge in [-0.3, -0.25) is 14.2 Å². The molecule has 0 N–H and O–H groups in total. The molecule has 0 unspecified atom stereocenters. The van der Waals surface area contributed by atoms with Crippen molar-refractivity contribution in [3.63, 3.8) is 0 Å². The topological polar surface area (TPSA) is 73.0 Å². The average molecular weight is 428 g/mol. The first-order chi connectivity index (χ1) is 14.6. The molecule has 30 heavy (non-hydrogen) atoms. The Kier molecular flexibility index (Phi) is 5.06. The van der Waals surface area contributed by atoms with Gasteiger partial charge < -0.3 is 4.90 Å². The lowest BCUT2D eigenvalue weighted by molar-refractivity contribution is -0.131. The molecule has 1 fully saturated rings. The summed E-state index contributed by atoms with van der Waals surface area (Å²) in [5, 5.41) is 5.30. The fraction of sp³-hybridized carbons (Fsp3) is 0.429. The number of benzene rings is 1. The number of halogens is 1. The Morgan fingerprint density at radius 1 is 1.13 bits per heavy atom. The van der Waals surface area contributed by atoms with E-state index in [9.17, 15) is 14.0 Å². The third-order valence-corrected chi connectivity index (χ3v) is 6.91. The van der Waals surface area contributed by atoms with Crippen LogP contribution < -0.4 is 5.56 Å². The minimum absolute atomic E-state index is 0.115. The Balaban J connectivity index is 1.46. The van der Waals surface area contributed by atoms with Crippen LogP contribution >= 0.6 is 11.8 Å². The van der Waals surface area contributed by atoms with E-state index in [1.165, 1.54) is 42.9 Å². The van der Waals surface area contributed by atoms with E-state index in [2.05, 4.69) is 10.1 Å². The number of hydrogen-bond acceptors (Lipinski definition) is 5. The molecule has 1 amide bonds. The number of rotatable bonds is 3. The van der Waals surface area contributed by atoms with E-state index >= 15 is 0 Å². The smallest absolute Gasteiger partial charge is 0.265 e. The van der Waals surface area contributed by atoms with E-state index in [0.717, 1.165) is 25.9 Å². The molecular formula is C21H22FN5O2S. The van der Waals surface area contributed by atoms with Gasteiger partial charge in [-0.15, -0.1) is 0 Å². The highest BCUT2D eigenvalue weighted by Crippen LogP contribution is 2.34. The van der Waals surface area contributed by atoms with Gasteiger partial charge in [-0.1, -0.05) is 24.6 Å². The normalized spacial score (nSPS) is 19.1. The Labute approximate surface area is 176 Å². The van der Waals surface area contributed by atoms with Crippen LogP contribution in [-0.4, -0.2) is 49.0 Å². The monoisotopic (exact) mass is 427 g/mol. The van der Waals surface area contributed by atoms with Crippen molar-refractivity contribution in [2.45, 2.75) is 43.3 Å². The van der Waals surface area contributed by atoms with Crippen LogP contribution in [0.1, 0.15) is 38.1 Å². The molecule has 1 aromatic carbocycles. The minimum atomic E-state index is -0.336. The van der Waals surface area contributed by atoms with E-state index in [0.29, 0.717) is 34.1 Å². The number of carbonyl (C=O) groups excluding carboxylic acids is 1. The van der Waals surface area contributed by atoms with Crippen molar-refractivity contribution in [3.05, 3.63) is 46.6 Å². The molecule has 3 aromatic rings. The maximum absolute atomic E-state index is 13.3. The van der Waals surface area contributed by atoms with Gasteiger partial charge in [0.25, 0.3) is 5.56 Å². The summed E-state index contributed by atoms with van der Waals surface area (Å²) in [6.07, 6.45) is 6.26. The molecule has 0 aliphatic carbocycles. The lowest BCUT2D eigenvalue weighted by Gasteiger charge is -2.22. The van der Waals surface area contributed by atoms with E-state index in [-0.39, 0.29) is 23.3 Å². The Morgan fingerprint density at radius 2 is 1.87 bits per heavy atom. The molecule has 0 bridgehead atoms. The average Bonchev–Trinajstić information content (AvgIpc) is 3.23. The van der Waals surface area contributed by atoms with Crippen LogP contribution in [-0.2, 0) is 4.79 Å². The third kappa shape index (κ3) is 3.40. The molecule has 2 aliphatic heterocycles. The molecule has 1 saturated heterocycles. The predicted octanol–water partition coefficient (Wildman–Crippen LogP) is 3.16. The van der Waals surface area contributed by atoms with Crippen LogP contribution in [0.5, 0.6) is 0 Å². The zero-order valence-corrected chi connectivity index (χ0v) is 17.3. The van der Waals surface area contributed by atoms with Crippen LogP contribution in [0, 0.1) is 5.82 Å². The summed E-state index contributed by atoms with van der Waals surface area (Å²) < 4.78 is 16.5. The summed E-state index contributed by atoms with van der Waals surface area (Å²) in [4.78, 5) is 32.7. The van der Waals surface area contributed by atoms with Crippen LogP contribution in [0.15, 0.2) is 40.4 Å². The zero-order chi connectivity index (χ0) is 20.7. The molecule has 4 heterocycles. The van der Waals surface area contributed by atoms with Crippen molar-refractivity contribution in [2.24, 2.45) is 0 Å². The quantitative estimate of drug-likeness (QED) is 0.601. The van der Waals surface area contributed by atoms with E-state index in [1.54, 1.807) is 21.4 Å². The highest BCUT2D eigenvalue weighted by molar-refractivity contribution is 7.99. The molecule has 9 heteroatoms. The number of thioether (sulfide) groups is 1. The van der Waals surface area contributed by atoms with Crippen molar-refractivity contribution < 1.29 is 9.18 Å². The number of likely N-dealkylation sites (tertiary alicyclic amines) is 1. The van der Waals surface area contributed by atoms with Gasteiger partial charge in [-0.2, -0.15) is 5.10 Å². The molecule has 0 spiro atoms. The molecule has 2 aromatic heterocycles. The molecule has 2 aliphatic rings. The van der Waals surface area contributed by atoms with Gasteiger partial charge in [0, 0.05) is 25.3 Å². The summed E-state index contributed by atoms with van der Waals surface area (Å²) in [6, 6.07) is 5.71. The summed E-state index contributed by atoms with van der Waals surface area (Å²) in [7, 11) is 0. The molecule has 7 nitrogen and oxygen atoms in total. The third-order valence-electron chi connectivity index (χ3n) is 5.81. The Bertz CT molecular complexity index is 1150. The lowest BCUT2D eigenvalue weighted by atomic mass is 10.2. The van der Waals surface area contributed by atoms with Gasteiger partial charge in [-0.05, 0) is 37.1 Å². The molecule has 156 valence electrons. The van der Waals surface area contributed by atoms with Gasteiger partial charge in [0.05, 0.1) is 17.9 Å². The van der Waals surface area contributed by atoms with Gasteiger partial charge in [0.1, 0.15) is 11.2 Å². The van der Waals surface area contributed by atoms with Crippen LogP contribution in [0.25, 0.3) is 16.7 Å². The van der Waals surface area contributed by atoms with E-state index < -0.39 is 0 Å². The maximum Gasteiger partial charge on any atom is 0.265 e. The Hall–Kier alpha value is -2.68. The van der Waals surface area contributed by atoms with Gasteiger partial charge in [-0.25, -0.2) is 14.1 Å². The number of carbonyl (C=O) groups is 1. The largest absolute Gasteiger partial charge is 0.343 e. The Morgan fingerprint density at radius 3 is 2.60 bits per heavy atom. The molecule has 1 atom stereocenters. The zero-order valence-electron chi connectivity index (χ0n) is 16.5. The minimum Gasteiger partial charge on any atom is -0.343 e. The lowest BCUT2D eigenvalue weighted by Crippen LogP contribution is -2.35. The summed E-state index contributed by atoms with van der Waals surface area (Å²) in [5.41, 5.74) is 0.908. The molecule has 0 saturated carbocycles. The maximum atomic E-state index is 13.3. The van der Waals surface area contributed by atoms with E-state index in [1.807, 2.05) is 4.90 Å². The van der Waals surface area contributed by atoms with Gasteiger partial charge in [0.2, 0.25) is 5.91 Å². The summed E-state index contributed by atoms with van der Waals surface area (Å²) >= 11 is 1.49. The van der Waals surface area contributed by atoms with E-state index in [4.69, 9.17) is 0 Å². The number of aromatic nitrogens is 4. The van der Waals surface area contributed by atoms with Gasteiger partial charge >= 0.3 is 0 Å². The van der Waals surface area contributed by atoms with Crippen LogP contribution in [0.2, 0.25) is 0 Å².